The number of nitrogens with one attached hydrogen (secondary N) is 1. The maximum atomic E-state index is 11.9. The largest absolute Gasteiger partial charge is 0.388 e. The van der Waals surface area contributed by atoms with Crippen LogP contribution in [0.15, 0.2) is 24.3 Å². The molecule has 0 bridgehead atoms. The highest BCUT2D eigenvalue weighted by Crippen LogP contribution is 2.15. The van der Waals surface area contributed by atoms with Gasteiger partial charge in [-0.15, -0.1) is 0 Å². The van der Waals surface area contributed by atoms with E-state index in [9.17, 15) is 4.79 Å². The molecule has 0 aliphatic heterocycles. The molecule has 0 radical (unpaired) electrons. The molecule has 0 aromatic heterocycles. The smallest absolute Gasteiger partial charge is 0.165 e. The second-order valence-corrected chi connectivity index (χ2v) is 3.67. The number of nitrogens with two attached hydrogens (primary N) is 1. The zero-order valence-corrected chi connectivity index (χ0v) is 9.29. The van der Waals surface area contributed by atoms with Gasteiger partial charge in [-0.25, -0.2) is 0 Å². The van der Waals surface area contributed by atoms with E-state index in [1.54, 1.807) is 0 Å². The molecule has 1 atom stereocenters. The minimum Gasteiger partial charge on any atom is -0.388 e. The molecule has 1 rings (SSSR count). The Kier molecular flexibility index (Phi) is 4.31. The summed E-state index contributed by atoms with van der Waals surface area (Å²) in [4.78, 5) is 11.9. The predicted octanol–water partition coefficient (Wildman–Crippen LogP) is 1.90. The lowest BCUT2D eigenvalue weighted by Crippen LogP contribution is -2.15. The van der Waals surface area contributed by atoms with Crippen LogP contribution >= 0.6 is 0 Å². The first kappa shape index (κ1) is 11.7. The highest BCUT2D eigenvalue weighted by atomic mass is 16.1. The molecule has 3 nitrogen and oxygen atoms in total. The van der Waals surface area contributed by atoms with Gasteiger partial charge in [-0.05, 0) is 25.1 Å². The van der Waals surface area contributed by atoms with Crippen LogP contribution in [0.4, 0.5) is 5.69 Å². The lowest BCUT2D eigenvalue weighted by Gasteiger charge is -2.09. The Morgan fingerprint density at radius 3 is 2.87 bits per heavy atom. The number of anilines is 1. The molecule has 0 spiro atoms. The highest BCUT2D eigenvalue weighted by molar-refractivity contribution is 5.98. The van der Waals surface area contributed by atoms with Crippen LogP contribution in [0.2, 0.25) is 0 Å². The zero-order valence-electron chi connectivity index (χ0n) is 9.29. The van der Waals surface area contributed by atoms with E-state index in [1.807, 2.05) is 38.2 Å². The molecule has 3 N–H and O–H groups in total. The average molecular weight is 206 g/mol. The second kappa shape index (κ2) is 5.51. The van der Waals surface area contributed by atoms with E-state index < -0.39 is 0 Å². The van der Waals surface area contributed by atoms with Gasteiger partial charge in [0, 0.05) is 24.2 Å². The molecular weight excluding hydrogens is 188 g/mol. The Labute approximate surface area is 90.7 Å². The van der Waals surface area contributed by atoms with Crippen molar-refractivity contribution >= 4 is 11.5 Å². The van der Waals surface area contributed by atoms with E-state index in [2.05, 4.69) is 5.32 Å². The van der Waals surface area contributed by atoms with Gasteiger partial charge in [0.25, 0.3) is 0 Å². The van der Waals surface area contributed by atoms with Crippen molar-refractivity contribution in [2.75, 3.05) is 18.9 Å². The van der Waals surface area contributed by atoms with Crippen molar-refractivity contribution in [2.24, 2.45) is 11.7 Å². The first-order chi connectivity index (χ1) is 7.19. The molecule has 82 valence electrons. The molecule has 0 heterocycles. The summed E-state index contributed by atoms with van der Waals surface area (Å²) in [6.45, 7) is 2.47. The van der Waals surface area contributed by atoms with Crippen molar-refractivity contribution in [3.8, 4) is 0 Å². The first-order valence-corrected chi connectivity index (χ1v) is 5.21. The average Bonchev–Trinajstić information content (AvgIpc) is 2.28. The van der Waals surface area contributed by atoms with Crippen molar-refractivity contribution in [3.05, 3.63) is 29.8 Å². The van der Waals surface area contributed by atoms with Gasteiger partial charge in [0.15, 0.2) is 5.78 Å². The van der Waals surface area contributed by atoms with E-state index in [-0.39, 0.29) is 11.7 Å². The van der Waals surface area contributed by atoms with Crippen LogP contribution in [0.25, 0.3) is 0 Å². The summed E-state index contributed by atoms with van der Waals surface area (Å²) in [5, 5.41) is 3.02. The fourth-order valence-corrected chi connectivity index (χ4v) is 1.49. The van der Waals surface area contributed by atoms with Gasteiger partial charge in [0.05, 0.1) is 0 Å². The van der Waals surface area contributed by atoms with Crippen LogP contribution in [-0.4, -0.2) is 19.4 Å². The number of ketones is 1. The number of carbonyl (C=O) groups is 1. The standard InChI is InChI=1S/C12H18N2O/c1-9(6-7-13)12(15)10-4-3-5-11(8-10)14-2/h3-5,8-9,14H,6-7,13H2,1-2H3. The molecule has 3 heteroatoms. The van der Waals surface area contributed by atoms with Crippen molar-refractivity contribution in [1.29, 1.82) is 0 Å². The van der Waals surface area contributed by atoms with Crippen LogP contribution in [0.1, 0.15) is 23.7 Å². The van der Waals surface area contributed by atoms with E-state index in [0.717, 1.165) is 17.7 Å². The summed E-state index contributed by atoms with van der Waals surface area (Å²) < 4.78 is 0. The molecular formula is C12H18N2O. The lowest BCUT2D eigenvalue weighted by atomic mass is 9.96. The van der Waals surface area contributed by atoms with Crippen molar-refractivity contribution in [1.82, 2.24) is 0 Å². The Balaban J connectivity index is 2.81. The number of hydrogen-bond donors (Lipinski definition) is 2. The monoisotopic (exact) mass is 206 g/mol. The van der Waals surface area contributed by atoms with E-state index in [1.165, 1.54) is 0 Å². The Morgan fingerprint density at radius 1 is 1.53 bits per heavy atom. The number of benzene rings is 1. The molecule has 1 aromatic rings. The number of rotatable bonds is 5. The molecule has 15 heavy (non-hydrogen) atoms. The fraction of sp³-hybridized carbons (Fsp3) is 0.417. The molecule has 0 aliphatic carbocycles. The first-order valence-electron chi connectivity index (χ1n) is 5.21. The number of carbonyl (C=O) groups excluding carboxylic acids is 1. The quantitative estimate of drug-likeness (QED) is 0.723. The fourth-order valence-electron chi connectivity index (χ4n) is 1.49. The second-order valence-electron chi connectivity index (χ2n) is 3.67. The molecule has 0 saturated heterocycles. The summed E-state index contributed by atoms with van der Waals surface area (Å²) in [6.07, 6.45) is 0.739. The highest BCUT2D eigenvalue weighted by Gasteiger charge is 2.14. The molecule has 1 aromatic carbocycles. The maximum Gasteiger partial charge on any atom is 0.165 e. The van der Waals surface area contributed by atoms with Gasteiger partial charge < -0.3 is 11.1 Å². The van der Waals surface area contributed by atoms with E-state index in [4.69, 9.17) is 5.73 Å². The van der Waals surface area contributed by atoms with E-state index in [0.29, 0.717) is 6.54 Å². The van der Waals surface area contributed by atoms with Crippen LogP contribution < -0.4 is 11.1 Å². The summed E-state index contributed by atoms with van der Waals surface area (Å²) in [6, 6.07) is 7.53. The Morgan fingerprint density at radius 2 is 2.27 bits per heavy atom. The molecule has 0 fully saturated rings. The predicted molar refractivity (Wildman–Crippen MR) is 63.2 cm³/mol. The van der Waals surface area contributed by atoms with Crippen LogP contribution in [0.3, 0.4) is 0 Å². The topological polar surface area (TPSA) is 55.1 Å². The van der Waals surface area contributed by atoms with Crippen molar-refractivity contribution < 1.29 is 4.79 Å². The van der Waals surface area contributed by atoms with Gasteiger partial charge in [-0.2, -0.15) is 0 Å². The van der Waals surface area contributed by atoms with Gasteiger partial charge in [0.2, 0.25) is 0 Å². The van der Waals surface area contributed by atoms with Crippen molar-refractivity contribution in [3.63, 3.8) is 0 Å². The van der Waals surface area contributed by atoms with Gasteiger partial charge in [-0.1, -0.05) is 19.1 Å². The Hall–Kier alpha value is -1.35. The van der Waals surface area contributed by atoms with Crippen molar-refractivity contribution in [2.45, 2.75) is 13.3 Å². The molecule has 0 saturated carbocycles. The molecule has 1 unspecified atom stereocenters. The van der Waals surface area contributed by atoms with E-state index >= 15 is 0 Å². The Bertz CT molecular complexity index is 336. The van der Waals surface area contributed by atoms with Gasteiger partial charge in [0.1, 0.15) is 0 Å². The third-order valence-electron chi connectivity index (χ3n) is 2.48. The molecule has 0 amide bonds. The van der Waals surface area contributed by atoms with Crippen LogP contribution in [0, 0.1) is 5.92 Å². The van der Waals surface area contributed by atoms with Gasteiger partial charge >= 0.3 is 0 Å². The normalized spacial score (nSPS) is 12.2. The lowest BCUT2D eigenvalue weighted by molar-refractivity contribution is 0.0925. The third-order valence-corrected chi connectivity index (χ3v) is 2.48. The number of hydrogen-bond acceptors (Lipinski definition) is 3. The summed E-state index contributed by atoms with van der Waals surface area (Å²) in [5.74, 6) is 0.166. The maximum absolute atomic E-state index is 11.9. The summed E-state index contributed by atoms with van der Waals surface area (Å²) in [5.41, 5.74) is 7.15. The minimum absolute atomic E-state index is 0.00195. The zero-order chi connectivity index (χ0) is 11.3. The van der Waals surface area contributed by atoms with Crippen LogP contribution in [-0.2, 0) is 0 Å². The molecule has 0 aliphatic rings. The summed E-state index contributed by atoms with van der Waals surface area (Å²) >= 11 is 0. The SMILES string of the molecule is CNc1cccc(C(=O)C(C)CCN)c1. The summed E-state index contributed by atoms with van der Waals surface area (Å²) in [7, 11) is 1.84. The number of Topliss-reactive ketones (excluding diaryl/α,β-unsaturated/α-hetero) is 1. The third kappa shape index (κ3) is 3.06. The minimum atomic E-state index is 0.00195. The van der Waals surface area contributed by atoms with Gasteiger partial charge in [-0.3, -0.25) is 4.79 Å². The van der Waals surface area contributed by atoms with Crippen LogP contribution in [0.5, 0.6) is 0 Å².